The number of aryl methyl sites for hydroxylation is 1. The topological polar surface area (TPSA) is 52.9 Å². The molecule has 0 unspecified atom stereocenters. The summed E-state index contributed by atoms with van der Waals surface area (Å²) in [5.74, 6) is 0.997. The first kappa shape index (κ1) is 22.2. The molecule has 5 atom stereocenters. The van der Waals surface area contributed by atoms with E-state index in [1.807, 2.05) is 12.1 Å². The molecule has 3 rings (SSSR count). The first-order chi connectivity index (χ1) is 13.9. The molecular formula is C25H37NO3. The smallest absolute Gasteiger partial charge is 0.0761 e. The van der Waals surface area contributed by atoms with Crippen molar-refractivity contribution in [2.75, 3.05) is 33.9 Å². The highest BCUT2D eigenvalue weighted by molar-refractivity contribution is 5.24. The van der Waals surface area contributed by atoms with Crippen LogP contribution in [0.25, 0.3) is 0 Å². The Labute approximate surface area is 175 Å². The van der Waals surface area contributed by atoms with Gasteiger partial charge in [0.1, 0.15) is 0 Å². The second kappa shape index (κ2) is 10.5. The molecule has 0 bridgehead atoms. The first-order valence-corrected chi connectivity index (χ1v) is 10.9. The van der Waals surface area contributed by atoms with Crippen molar-refractivity contribution in [2.45, 2.75) is 44.8 Å². The molecule has 0 spiro atoms. The van der Waals surface area contributed by atoms with Crippen molar-refractivity contribution in [3.05, 3.63) is 59.2 Å². The highest BCUT2D eigenvalue weighted by atomic mass is 16.5. The fraction of sp³-hybridized carbons (Fsp3) is 0.600. The Balaban J connectivity index is 1.47. The van der Waals surface area contributed by atoms with Gasteiger partial charge in [-0.3, -0.25) is 0 Å². The minimum absolute atomic E-state index is 0.120. The Hall–Kier alpha value is -1.46. The predicted octanol–water partition coefficient (Wildman–Crippen LogP) is 3.37. The van der Waals surface area contributed by atoms with E-state index in [4.69, 9.17) is 4.74 Å². The maximum Gasteiger partial charge on any atom is 0.0761 e. The van der Waals surface area contributed by atoms with Crippen molar-refractivity contribution in [1.29, 1.82) is 0 Å². The number of aliphatic hydroxyl groups is 2. The zero-order chi connectivity index (χ0) is 20.8. The summed E-state index contributed by atoms with van der Waals surface area (Å²) in [5, 5.41) is 21.0. The molecule has 0 amide bonds. The number of fused-ring (bicyclic) bond motifs is 1. The molecule has 0 radical (unpaired) electrons. The van der Waals surface area contributed by atoms with Gasteiger partial charge in [0, 0.05) is 18.9 Å². The number of hydrogen-bond donors (Lipinski definition) is 2. The van der Waals surface area contributed by atoms with E-state index in [-0.39, 0.29) is 12.0 Å². The molecule has 4 nitrogen and oxygen atoms in total. The van der Waals surface area contributed by atoms with Gasteiger partial charge in [0.15, 0.2) is 0 Å². The highest BCUT2D eigenvalue weighted by Crippen LogP contribution is 2.47. The van der Waals surface area contributed by atoms with Crippen molar-refractivity contribution in [3.63, 3.8) is 0 Å². The van der Waals surface area contributed by atoms with Crippen molar-refractivity contribution >= 4 is 0 Å². The van der Waals surface area contributed by atoms with Crippen LogP contribution in [-0.2, 0) is 11.2 Å². The van der Waals surface area contributed by atoms with Crippen LogP contribution in [0.2, 0.25) is 0 Å². The number of rotatable bonds is 10. The Kier molecular flexibility index (Phi) is 8.07. The molecule has 4 heteroatoms. The molecule has 29 heavy (non-hydrogen) atoms. The third-order valence-electron chi connectivity index (χ3n) is 6.21. The average molecular weight is 400 g/mol. The van der Waals surface area contributed by atoms with Crippen LogP contribution < -0.4 is 0 Å². The lowest BCUT2D eigenvalue weighted by Crippen LogP contribution is -2.19. The normalized spacial score (nSPS) is 27.6. The molecule has 2 aliphatic carbocycles. The van der Waals surface area contributed by atoms with Gasteiger partial charge >= 0.3 is 0 Å². The molecule has 1 saturated carbocycles. The van der Waals surface area contributed by atoms with E-state index in [9.17, 15) is 10.2 Å². The molecule has 0 heterocycles. The third-order valence-corrected chi connectivity index (χ3v) is 6.21. The molecule has 0 saturated heterocycles. The van der Waals surface area contributed by atoms with Crippen LogP contribution in [-0.4, -0.2) is 61.2 Å². The molecule has 160 valence electrons. The maximum atomic E-state index is 10.5. The van der Waals surface area contributed by atoms with Crippen molar-refractivity contribution in [1.82, 2.24) is 4.90 Å². The minimum atomic E-state index is -0.517. The molecule has 0 aliphatic heterocycles. The molecule has 0 aromatic heterocycles. The van der Waals surface area contributed by atoms with Crippen LogP contribution in [0.15, 0.2) is 48.1 Å². The summed E-state index contributed by atoms with van der Waals surface area (Å²) in [4.78, 5) is 2.17. The summed E-state index contributed by atoms with van der Waals surface area (Å²) >= 11 is 0. The largest absolute Gasteiger partial charge is 0.392 e. The molecule has 1 fully saturated rings. The van der Waals surface area contributed by atoms with Gasteiger partial charge < -0.3 is 19.8 Å². The fourth-order valence-electron chi connectivity index (χ4n) is 4.80. The maximum absolute atomic E-state index is 10.5. The van der Waals surface area contributed by atoms with E-state index in [1.165, 1.54) is 11.1 Å². The molecular weight excluding hydrogens is 362 g/mol. The quantitative estimate of drug-likeness (QED) is 0.468. The van der Waals surface area contributed by atoms with Crippen LogP contribution >= 0.6 is 0 Å². The van der Waals surface area contributed by atoms with Crippen LogP contribution in [0, 0.1) is 24.7 Å². The lowest BCUT2D eigenvalue weighted by Gasteiger charge is -2.19. The van der Waals surface area contributed by atoms with E-state index < -0.39 is 6.10 Å². The number of hydrogen-bond acceptors (Lipinski definition) is 4. The van der Waals surface area contributed by atoms with E-state index >= 15 is 0 Å². The fourth-order valence-corrected chi connectivity index (χ4v) is 4.80. The van der Waals surface area contributed by atoms with Crippen LogP contribution in [0.1, 0.15) is 30.4 Å². The number of ether oxygens (including phenoxy) is 1. The summed E-state index contributed by atoms with van der Waals surface area (Å²) in [6, 6.07) is 8.26. The summed E-state index contributed by atoms with van der Waals surface area (Å²) in [6.45, 7) is 4.62. The second-order valence-corrected chi connectivity index (χ2v) is 9.09. The Morgan fingerprint density at radius 3 is 2.90 bits per heavy atom. The third kappa shape index (κ3) is 6.51. The summed E-state index contributed by atoms with van der Waals surface area (Å²) < 4.78 is 5.85. The standard InChI is InChI=1S/C25H37NO3/c1-18-6-4-7-19(12-18)14-22(27)8-9-23-24-15-20(13-21(24)16-25(23)28)17-29-11-5-10-26(2)3/h4,6-9,12-13,21-25,27-28H,5,10-11,14-17H2,1-3H3/b9-8+/t21-,22-,23+,24-,25+/m0/s1. The minimum Gasteiger partial charge on any atom is -0.392 e. The van der Waals surface area contributed by atoms with Gasteiger partial charge in [-0.2, -0.15) is 0 Å². The Morgan fingerprint density at radius 2 is 2.14 bits per heavy atom. The summed E-state index contributed by atoms with van der Waals surface area (Å²) in [6.07, 6.45) is 8.92. The van der Waals surface area contributed by atoms with Gasteiger partial charge in [-0.15, -0.1) is 0 Å². The SMILES string of the molecule is Cc1cccc(C[C@@H](O)/C=C/[C@@H]2[C@H]3CC(COCCCN(C)C)=C[C@H]3C[C@H]2O)c1. The van der Waals surface area contributed by atoms with Gasteiger partial charge in [0.25, 0.3) is 0 Å². The van der Waals surface area contributed by atoms with Crippen molar-refractivity contribution in [3.8, 4) is 0 Å². The lowest BCUT2D eigenvalue weighted by molar-refractivity contribution is 0.132. The highest BCUT2D eigenvalue weighted by Gasteiger charge is 2.43. The van der Waals surface area contributed by atoms with E-state index in [1.54, 1.807) is 0 Å². The summed E-state index contributed by atoms with van der Waals surface area (Å²) in [5.41, 5.74) is 3.72. The predicted molar refractivity (Wildman–Crippen MR) is 118 cm³/mol. The van der Waals surface area contributed by atoms with Crippen molar-refractivity contribution in [2.24, 2.45) is 17.8 Å². The molecule has 1 aromatic rings. The Bertz CT molecular complexity index is 712. The van der Waals surface area contributed by atoms with Gasteiger partial charge in [-0.1, -0.05) is 48.1 Å². The monoisotopic (exact) mass is 399 g/mol. The first-order valence-electron chi connectivity index (χ1n) is 10.9. The van der Waals surface area contributed by atoms with Crippen LogP contribution in [0.3, 0.4) is 0 Å². The summed E-state index contributed by atoms with van der Waals surface area (Å²) in [7, 11) is 4.16. The number of nitrogens with zero attached hydrogens (tertiary/aromatic N) is 1. The molecule has 2 aliphatic rings. The van der Waals surface area contributed by atoms with E-state index in [2.05, 4.69) is 56.3 Å². The van der Waals surface area contributed by atoms with E-state index in [0.29, 0.717) is 24.9 Å². The zero-order valence-corrected chi connectivity index (χ0v) is 18.1. The number of benzene rings is 1. The van der Waals surface area contributed by atoms with Crippen molar-refractivity contribution < 1.29 is 14.9 Å². The van der Waals surface area contributed by atoms with Gasteiger partial charge in [-0.05, 0) is 69.8 Å². The van der Waals surface area contributed by atoms with E-state index in [0.717, 1.165) is 38.0 Å². The zero-order valence-electron chi connectivity index (χ0n) is 18.1. The number of allylic oxidation sites excluding steroid dienone is 1. The average Bonchev–Trinajstić information content (AvgIpc) is 3.16. The van der Waals surface area contributed by atoms with Gasteiger partial charge in [0.2, 0.25) is 0 Å². The number of aliphatic hydroxyl groups excluding tert-OH is 2. The molecule has 2 N–H and O–H groups in total. The van der Waals surface area contributed by atoms with Crippen LogP contribution in [0.5, 0.6) is 0 Å². The molecule has 1 aromatic carbocycles. The Morgan fingerprint density at radius 1 is 1.31 bits per heavy atom. The second-order valence-electron chi connectivity index (χ2n) is 9.09. The van der Waals surface area contributed by atoms with Crippen LogP contribution in [0.4, 0.5) is 0 Å². The van der Waals surface area contributed by atoms with Gasteiger partial charge in [0.05, 0.1) is 18.8 Å². The van der Waals surface area contributed by atoms with Gasteiger partial charge in [-0.25, -0.2) is 0 Å². The lowest BCUT2D eigenvalue weighted by atomic mass is 9.89.